The van der Waals surface area contributed by atoms with Crippen LogP contribution in [0.5, 0.6) is 0 Å². The van der Waals surface area contributed by atoms with Gasteiger partial charge in [-0.25, -0.2) is 13.1 Å². The highest BCUT2D eigenvalue weighted by atomic mass is 32.2. The summed E-state index contributed by atoms with van der Waals surface area (Å²) in [6.07, 6.45) is 2.01. The van der Waals surface area contributed by atoms with Crippen molar-refractivity contribution in [2.45, 2.75) is 19.2 Å². The van der Waals surface area contributed by atoms with Crippen LogP contribution in [0.1, 0.15) is 12.5 Å². The summed E-state index contributed by atoms with van der Waals surface area (Å²) in [4.78, 5) is 0. The zero-order valence-corrected chi connectivity index (χ0v) is 10.8. The van der Waals surface area contributed by atoms with Gasteiger partial charge in [0.1, 0.15) is 0 Å². The topological polar surface area (TPSA) is 51.1 Å². The molecule has 0 bridgehead atoms. The summed E-state index contributed by atoms with van der Waals surface area (Å²) in [5.74, 6) is 0.0245. The van der Waals surface area contributed by atoms with E-state index in [1.807, 2.05) is 30.5 Å². The summed E-state index contributed by atoms with van der Waals surface area (Å²) in [6.45, 7) is 3.00. The van der Waals surface area contributed by atoms with Gasteiger partial charge in [0.15, 0.2) is 0 Å². The molecule has 0 spiro atoms. The minimum Gasteiger partial charge on any atom is -0.348 e. The average molecular weight is 252 g/mol. The summed E-state index contributed by atoms with van der Waals surface area (Å²) in [7, 11) is -1.76. The van der Waals surface area contributed by atoms with Crippen molar-refractivity contribution in [2.75, 3.05) is 7.05 Å². The van der Waals surface area contributed by atoms with E-state index in [9.17, 15) is 8.42 Å². The number of hydrogen-bond acceptors (Lipinski definition) is 2. The van der Waals surface area contributed by atoms with E-state index in [1.165, 1.54) is 7.05 Å². The number of benzene rings is 1. The highest BCUT2D eigenvalue weighted by molar-refractivity contribution is 7.88. The van der Waals surface area contributed by atoms with Gasteiger partial charge >= 0.3 is 0 Å². The largest absolute Gasteiger partial charge is 0.348 e. The van der Waals surface area contributed by atoms with Crippen molar-refractivity contribution in [2.24, 2.45) is 0 Å². The number of nitrogens with zero attached hydrogens (tertiary/aromatic N) is 1. The Labute approximate surface area is 101 Å². The van der Waals surface area contributed by atoms with Gasteiger partial charge in [0, 0.05) is 18.3 Å². The first-order chi connectivity index (χ1) is 8.05. The molecule has 2 rings (SSSR count). The third-order valence-corrected chi connectivity index (χ3v) is 4.18. The molecule has 92 valence electrons. The number of aromatic nitrogens is 1. The van der Waals surface area contributed by atoms with E-state index in [-0.39, 0.29) is 5.75 Å². The van der Waals surface area contributed by atoms with Crippen molar-refractivity contribution < 1.29 is 8.42 Å². The Morgan fingerprint density at radius 1 is 1.29 bits per heavy atom. The SMILES string of the molecule is CCn1ccc2cc(CS(=O)(=O)NC)ccc21. The second-order valence-corrected chi connectivity index (χ2v) is 5.88. The standard InChI is InChI=1S/C12H16N2O2S/c1-3-14-7-6-11-8-10(4-5-12(11)14)9-17(15,16)13-2/h4-8,13H,3,9H2,1-2H3. The molecule has 17 heavy (non-hydrogen) atoms. The summed E-state index contributed by atoms with van der Waals surface area (Å²) >= 11 is 0. The molecule has 1 aromatic carbocycles. The fraction of sp³-hybridized carbons (Fsp3) is 0.333. The third kappa shape index (κ3) is 2.50. The van der Waals surface area contributed by atoms with Crippen LogP contribution in [0.2, 0.25) is 0 Å². The first kappa shape index (κ1) is 12.1. The molecule has 0 aliphatic heterocycles. The quantitative estimate of drug-likeness (QED) is 0.900. The number of hydrogen-bond donors (Lipinski definition) is 1. The summed E-state index contributed by atoms with van der Waals surface area (Å²) in [5.41, 5.74) is 1.94. The lowest BCUT2D eigenvalue weighted by atomic mass is 10.2. The van der Waals surface area contributed by atoms with Crippen LogP contribution in [0.3, 0.4) is 0 Å². The van der Waals surface area contributed by atoms with Crippen molar-refractivity contribution in [3.05, 3.63) is 36.0 Å². The van der Waals surface area contributed by atoms with Crippen molar-refractivity contribution in [3.63, 3.8) is 0 Å². The predicted molar refractivity (Wildman–Crippen MR) is 69.3 cm³/mol. The van der Waals surface area contributed by atoms with Gasteiger partial charge in [0.2, 0.25) is 10.0 Å². The fourth-order valence-corrected chi connectivity index (χ4v) is 2.67. The first-order valence-electron chi connectivity index (χ1n) is 5.54. The monoisotopic (exact) mass is 252 g/mol. The van der Waals surface area contributed by atoms with Crippen molar-refractivity contribution in [1.82, 2.24) is 9.29 Å². The van der Waals surface area contributed by atoms with Gasteiger partial charge in [-0.3, -0.25) is 0 Å². The summed E-state index contributed by atoms with van der Waals surface area (Å²) in [6, 6.07) is 7.77. The lowest BCUT2D eigenvalue weighted by molar-refractivity contribution is 0.587. The van der Waals surface area contributed by atoms with E-state index in [0.717, 1.165) is 23.0 Å². The molecule has 0 amide bonds. The summed E-state index contributed by atoms with van der Waals surface area (Å²) in [5, 5.41) is 1.08. The van der Waals surface area contributed by atoms with Crippen molar-refractivity contribution in [3.8, 4) is 0 Å². The molecule has 0 radical (unpaired) electrons. The average Bonchev–Trinajstić information content (AvgIpc) is 2.70. The van der Waals surface area contributed by atoms with Crippen LogP contribution in [0.15, 0.2) is 30.5 Å². The second kappa shape index (κ2) is 4.50. The smallest absolute Gasteiger partial charge is 0.215 e. The fourth-order valence-electron chi connectivity index (χ4n) is 1.91. The van der Waals surface area contributed by atoms with E-state index in [0.29, 0.717) is 0 Å². The molecule has 1 aromatic heterocycles. The maximum atomic E-state index is 11.4. The zero-order chi connectivity index (χ0) is 12.5. The van der Waals surface area contributed by atoms with Crippen LogP contribution >= 0.6 is 0 Å². The van der Waals surface area contributed by atoms with Gasteiger partial charge < -0.3 is 4.57 Å². The lowest BCUT2D eigenvalue weighted by Crippen LogP contribution is -2.20. The van der Waals surface area contributed by atoms with E-state index in [4.69, 9.17) is 0 Å². The Morgan fingerprint density at radius 2 is 2.06 bits per heavy atom. The molecule has 0 aliphatic carbocycles. The second-order valence-electron chi connectivity index (χ2n) is 3.96. The molecule has 0 saturated heterocycles. The molecule has 0 unspecified atom stereocenters. The molecule has 5 heteroatoms. The normalized spacial score (nSPS) is 12.1. The predicted octanol–water partition coefficient (Wildman–Crippen LogP) is 1.71. The van der Waals surface area contributed by atoms with Crippen LogP contribution in [-0.4, -0.2) is 20.0 Å². The Hall–Kier alpha value is -1.33. The van der Waals surface area contributed by atoms with Crippen molar-refractivity contribution >= 4 is 20.9 Å². The minimum atomic E-state index is -3.20. The van der Waals surface area contributed by atoms with E-state index in [2.05, 4.69) is 16.2 Å². The van der Waals surface area contributed by atoms with Crippen LogP contribution < -0.4 is 4.72 Å². The Balaban J connectivity index is 2.39. The Kier molecular flexibility index (Phi) is 3.22. The van der Waals surface area contributed by atoms with Gasteiger partial charge in [-0.2, -0.15) is 0 Å². The number of rotatable bonds is 4. The van der Waals surface area contributed by atoms with Crippen LogP contribution in [-0.2, 0) is 22.3 Å². The molecule has 1 N–H and O–H groups in total. The third-order valence-electron chi connectivity index (χ3n) is 2.84. The number of sulfonamides is 1. The first-order valence-corrected chi connectivity index (χ1v) is 7.20. The van der Waals surface area contributed by atoms with Gasteiger partial charge in [0.05, 0.1) is 5.75 Å². The molecule has 1 heterocycles. The van der Waals surface area contributed by atoms with Crippen LogP contribution in [0, 0.1) is 0 Å². The molecular weight excluding hydrogens is 236 g/mol. The minimum absolute atomic E-state index is 0.0245. The summed E-state index contributed by atoms with van der Waals surface area (Å²) < 4.78 is 27.4. The van der Waals surface area contributed by atoms with Crippen LogP contribution in [0.25, 0.3) is 10.9 Å². The number of nitrogens with one attached hydrogen (secondary N) is 1. The molecule has 0 aliphatic rings. The van der Waals surface area contributed by atoms with E-state index >= 15 is 0 Å². The highest BCUT2D eigenvalue weighted by Gasteiger charge is 2.09. The van der Waals surface area contributed by atoms with Crippen LogP contribution in [0.4, 0.5) is 0 Å². The highest BCUT2D eigenvalue weighted by Crippen LogP contribution is 2.18. The van der Waals surface area contributed by atoms with Gasteiger partial charge in [0.25, 0.3) is 0 Å². The Bertz CT molecular complexity index is 629. The van der Waals surface area contributed by atoms with Crippen molar-refractivity contribution in [1.29, 1.82) is 0 Å². The number of aryl methyl sites for hydroxylation is 1. The van der Waals surface area contributed by atoms with Gasteiger partial charge in [-0.05, 0) is 43.1 Å². The van der Waals surface area contributed by atoms with Gasteiger partial charge in [-0.15, -0.1) is 0 Å². The molecular formula is C12H16N2O2S. The molecule has 0 fully saturated rings. The zero-order valence-electron chi connectivity index (χ0n) is 9.97. The molecule has 4 nitrogen and oxygen atoms in total. The maximum absolute atomic E-state index is 11.4. The Morgan fingerprint density at radius 3 is 2.71 bits per heavy atom. The molecule has 2 aromatic rings. The molecule has 0 atom stereocenters. The lowest BCUT2D eigenvalue weighted by Gasteiger charge is -2.04. The van der Waals surface area contributed by atoms with E-state index < -0.39 is 10.0 Å². The number of fused-ring (bicyclic) bond motifs is 1. The van der Waals surface area contributed by atoms with E-state index in [1.54, 1.807) is 0 Å². The molecule has 0 saturated carbocycles. The van der Waals surface area contributed by atoms with Gasteiger partial charge in [-0.1, -0.05) is 6.07 Å². The maximum Gasteiger partial charge on any atom is 0.215 e.